The number of hydrogen-bond acceptors (Lipinski definition) is 2. The fourth-order valence-electron chi connectivity index (χ4n) is 2.40. The van der Waals surface area contributed by atoms with Crippen molar-refractivity contribution in [1.29, 1.82) is 0 Å². The lowest BCUT2D eigenvalue weighted by Crippen LogP contribution is -2.43. The van der Waals surface area contributed by atoms with Crippen LogP contribution >= 0.6 is 0 Å². The van der Waals surface area contributed by atoms with E-state index in [1.807, 2.05) is 0 Å². The van der Waals surface area contributed by atoms with Crippen molar-refractivity contribution in [3.8, 4) is 0 Å². The second-order valence-electron chi connectivity index (χ2n) is 4.52. The Bertz CT molecular complexity index is 186. The van der Waals surface area contributed by atoms with E-state index < -0.39 is 5.97 Å². The molecular formula is C12H23NO2. The zero-order chi connectivity index (χ0) is 11.1. The van der Waals surface area contributed by atoms with Gasteiger partial charge in [0.15, 0.2) is 0 Å². The van der Waals surface area contributed by atoms with E-state index in [2.05, 4.69) is 12.2 Å². The molecule has 1 atom stereocenters. The SMILES string of the molecule is CCCNC(C(=O)O)C1CCCCCC1. The fraction of sp³-hybridized carbons (Fsp3) is 0.917. The van der Waals surface area contributed by atoms with Gasteiger partial charge in [-0.3, -0.25) is 4.79 Å². The van der Waals surface area contributed by atoms with Gasteiger partial charge in [0.05, 0.1) is 0 Å². The molecule has 1 unspecified atom stereocenters. The van der Waals surface area contributed by atoms with Crippen LogP contribution in [0.2, 0.25) is 0 Å². The first kappa shape index (κ1) is 12.5. The van der Waals surface area contributed by atoms with Crippen molar-refractivity contribution in [3.05, 3.63) is 0 Å². The van der Waals surface area contributed by atoms with Crippen LogP contribution in [0.5, 0.6) is 0 Å². The Morgan fingerprint density at radius 2 is 1.93 bits per heavy atom. The van der Waals surface area contributed by atoms with Crippen LogP contribution in [-0.2, 0) is 4.79 Å². The van der Waals surface area contributed by atoms with Crippen LogP contribution in [0.4, 0.5) is 0 Å². The first-order valence-electron chi connectivity index (χ1n) is 6.22. The molecule has 0 aromatic rings. The van der Waals surface area contributed by atoms with Crippen molar-refractivity contribution >= 4 is 5.97 Å². The molecule has 0 bridgehead atoms. The van der Waals surface area contributed by atoms with Crippen LogP contribution in [0.1, 0.15) is 51.9 Å². The summed E-state index contributed by atoms with van der Waals surface area (Å²) in [5, 5.41) is 12.3. The van der Waals surface area contributed by atoms with Gasteiger partial charge in [-0.15, -0.1) is 0 Å². The van der Waals surface area contributed by atoms with E-state index in [0.29, 0.717) is 5.92 Å². The number of carboxylic acid groups (broad SMARTS) is 1. The maximum Gasteiger partial charge on any atom is 0.320 e. The molecule has 3 heteroatoms. The van der Waals surface area contributed by atoms with Crippen LogP contribution in [-0.4, -0.2) is 23.7 Å². The number of carboxylic acids is 1. The summed E-state index contributed by atoms with van der Waals surface area (Å²) in [6.07, 6.45) is 8.09. The molecule has 3 nitrogen and oxygen atoms in total. The summed E-state index contributed by atoms with van der Waals surface area (Å²) < 4.78 is 0. The quantitative estimate of drug-likeness (QED) is 0.689. The number of rotatable bonds is 5. The van der Waals surface area contributed by atoms with Crippen LogP contribution < -0.4 is 5.32 Å². The average Bonchev–Trinajstić information content (AvgIpc) is 2.47. The van der Waals surface area contributed by atoms with E-state index in [1.165, 1.54) is 25.7 Å². The lowest BCUT2D eigenvalue weighted by molar-refractivity contribution is -0.141. The molecule has 88 valence electrons. The molecule has 1 aliphatic carbocycles. The maximum atomic E-state index is 11.2. The number of aliphatic carboxylic acids is 1. The topological polar surface area (TPSA) is 49.3 Å². The minimum atomic E-state index is -0.671. The lowest BCUT2D eigenvalue weighted by atomic mass is 9.92. The highest BCUT2D eigenvalue weighted by atomic mass is 16.4. The van der Waals surface area contributed by atoms with Gasteiger partial charge in [-0.25, -0.2) is 0 Å². The third-order valence-corrected chi connectivity index (χ3v) is 3.25. The molecule has 1 fully saturated rings. The van der Waals surface area contributed by atoms with Gasteiger partial charge >= 0.3 is 5.97 Å². The van der Waals surface area contributed by atoms with Crippen molar-refractivity contribution in [2.75, 3.05) is 6.54 Å². The summed E-state index contributed by atoms with van der Waals surface area (Å²) in [6.45, 7) is 2.88. The molecule has 0 saturated heterocycles. The Labute approximate surface area is 92.3 Å². The third-order valence-electron chi connectivity index (χ3n) is 3.25. The molecule has 0 radical (unpaired) electrons. The van der Waals surface area contributed by atoms with E-state index in [4.69, 9.17) is 0 Å². The van der Waals surface area contributed by atoms with E-state index in [0.717, 1.165) is 25.8 Å². The molecule has 0 amide bonds. The molecule has 2 N–H and O–H groups in total. The zero-order valence-electron chi connectivity index (χ0n) is 9.67. The monoisotopic (exact) mass is 213 g/mol. The maximum absolute atomic E-state index is 11.2. The predicted octanol–water partition coefficient (Wildman–Crippen LogP) is 2.41. The van der Waals surface area contributed by atoms with E-state index >= 15 is 0 Å². The van der Waals surface area contributed by atoms with Crippen LogP contribution in [0.15, 0.2) is 0 Å². The second-order valence-corrected chi connectivity index (χ2v) is 4.52. The van der Waals surface area contributed by atoms with Gasteiger partial charge < -0.3 is 10.4 Å². The van der Waals surface area contributed by atoms with Crippen molar-refractivity contribution in [2.24, 2.45) is 5.92 Å². The molecule has 0 aromatic carbocycles. The highest BCUT2D eigenvalue weighted by Crippen LogP contribution is 2.25. The van der Waals surface area contributed by atoms with Crippen molar-refractivity contribution in [3.63, 3.8) is 0 Å². The minimum absolute atomic E-state index is 0.317. The van der Waals surface area contributed by atoms with Crippen LogP contribution in [0, 0.1) is 5.92 Å². The van der Waals surface area contributed by atoms with Crippen molar-refractivity contribution in [1.82, 2.24) is 5.32 Å². The number of nitrogens with one attached hydrogen (secondary N) is 1. The number of carbonyl (C=O) groups is 1. The molecule has 1 rings (SSSR count). The molecular weight excluding hydrogens is 190 g/mol. The zero-order valence-corrected chi connectivity index (χ0v) is 9.67. The Morgan fingerprint density at radius 3 is 2.40 bits per heavy atom. The molecule has 0 aliphatic heterocycles. The lowest BCUT2D eigenvalue weighted by Gasteiger charge is -2.23. The molecule has 0 heterocycles. The standard InChI is InChI=1S/C12H23NO2/c1-2-9-13-11(12(14)15)10-7-5-3-4-6-8-10/h10-11,13H,2-9H2,1H3,(H,14,15). The third kappa shape index (κ3) is 4.20. The molecule has 0 spiro atoms. The summed E-state index contributed by atoms with van der Waals surface area (Å²) in [6, 6.07) is -0.317. The Balaban J connectivity index is 2.48. The van der Waals surface area contributed by atoms with Gasteiger partial charge in [0.25, 0.3) is 0 Å². The fourth-order valence-corrected chi connectivity index (χ4v) is 2.40. The molecule has 1 saturated carbocycles. The van der Waals surface area contributed by atoms with Gasteiger partial charge in [-0.05, 0) is 31.7 Å². The van der Waals surface area contributed by atoms with Crippen molar-refractivity contribution < 1.29 is 9.90 Å². The summed E-state index contributed by atoms with van der Waals surface area (Å²) in [5.41, 5.74) is 0. The van der Waals surface area contributed by atoms with Gasteiger partial charge in [0, 0.05) is 0 Å². The second kappa shape index (κ2) is 6.83. The van der Waals surface area contributed by atoms with E-state index in [1.54, 1.807) is 0 Å². The first-order valence-corrected chi connectivity index (χ1v) is 6.22. The van der Waals surface area contributed by atoms with Gasteiger partial charge in [-0.2, -0.15) is 0 Å². The Morgan fingerprint density at radius 1 is 1.33 bits per heavy atom. The number of hydrogen-bond donors (Lipinski definition) is 2. The summed E-state index contributed by atoms with van der Waals surface area (Å²) in [5.74, 6) is -0.327. The van der Waals surface area contributed by atoms with Gasteiger partial charge in [0.1, 0.15) is 6.04 Å². The van der Waals surface area contributed by atoms with E-state index in [-0.39, 0.29) is 6.04 Å². The normalized spacial score (nSPS) is 20.9. The van der Waals surface area contributed by atoms with Crippen LogP contribution in [0.3, 0.4) is 0 Å². The largest absolute Gasteiger partial charge is 0.480 e. The smallest absolute Gasteiger partial charge is 0.320 e. The summed E-state index contributed by atoms with van der Waals surface area (Å²) >= 11 is 0. The molecule has 1 aliphatic rings. The van der Waals surface area contributed by atoms with Gasteiger partial charge in [-0.1, -0.05) is 32.6 Å². The van der Waals surface area contributed by atoms with Gasteiger partial charge in [0.2, 0.25) is 0 Å². The van der Waals surface area contributed by atoms with Crippen molar-refractivity contribution in [2.45, 2.75) is 57.9 Å². The average molecular weight is 213 g/mol. The molecule has 15 heavy (non-hydrogen) atoms. The molecule has 0 aromatic heterocycles. The summed E-state index contributed by atoms with van der Waals surface area (Å²) in [7, 11) is 0. The van der Waals surface area contributed by atoms with E-state index in [9.17, 15) is 9.90 Å². The highest BCUT2D eigenvalue weighted by Gasteiger charge is 2.27. The highest BCUT2D eigenvalue weighted by molar-refractivity contribution is 5.73. The Hall–Kier alpha value is -0.570. The minimum Gasteiger partial charge on any atom is -0.480 e. The Kier molecular flexibility index (Phi) is 5.69. The van der Waals surface area contributed by atoms with Crippen LogP contribution in [0.25, 0.3) is 0 Å². The first-order chi connectivity index (χ1) is 7.25. The summed E-state index contributed by atoms with van der Waals surface area (Å²) in [4.78, 5) is 11.2. The predicted molar refractivity (Wildman–Crippen MR) is 60.9 cm³/mol.